The predicted octanol–water partition coefficient (Wildman–Crippen LogP) is 3.90. The van der Waals surface area contributed by atoms with Gasteiger partial charge in [0, 0.05) is 11.6 Å². The van der Waals surface area contributed by atoms with Crippen molar-refractivity contribution in [2.75, 3.05) is 0 Å². The summed E-state index contributed by atoms with van der Waals surface area (Å²) in [6, 6.07) is 5.85. The van der Waals surface area contributed by atoms with Gasteiger partial charge in [-0.25, -0.2) is 4.98 Å². The predicted molar refractivity (Wildman–Crippen MR) is 76.9 cm³/mol. The lowest BCUT2D eigenvalue weighted by atomic mass is 10.1. The van der Waals surface area contributed by atoms with Crippen LogP contribution in [-0.4, -0.2) is 9.55 Å². The topological polar surface area (TPSA) is 43.8 Å². The molecule has 2 aromatic rings. The molecule has 1 heterocycles. The van der Waals surface area contributed by atoms with Gasteiger partial charge in [0.15, 0.2) is 0 Å². The lowest BCUT2D eigenvalue weighted by molar-refractivity contribution is 0.552. The highest BCUT2D eigenvalue weighted by atomic mass is 35.5. The van der Waals surface area contributed by atoms with E-state index in [1.807, 2.05) is 18.2 Å². The first-order valence-electron chi connectivity index (χ1n) is 6.58. The van der Waals surface area contributed by atoms with Gasteiger partial charge in [0.1, 0.15) is 5.82 Å². The largest absolute Gasteiger partial charge is 0.327 e. The molecule has 1 aromatic carbocycles. The number of aromatic nitrogens is 2. The van der Waals surface area contributed by atoms with Crippen LogP contribution in [0.5, 0.6) is 0 Å². The number of imidazole rings is 1. The molecule has 2 rings (SSSR count). The highest BCUT2D eigenvalue weighted by molar-refractivity contribution is 6.31. The van der Waals surface area contributed by atoms with Crippen molar-refractivity contribution in [2.45, 2.75) is 45.7 Å². The van der Waals surface area contributed by atoms with Gasteiger partial charge >= 0.3 is 0 Å². The second-order valence-electron chi connectivity index (χ2n) is 4.65. The van der Waals surface area contributed by atoms with E-state index in [2.05, 4.69) is 23.4 Å². The number of nitrogens with zero attached hydrogens (tertiary/aromatic N) is 2. The SMILES string of the molecule is CCCC(N)c1nc2cc(Cl)ccc2n1CCC. The number of fused-ring (bicyclic) bond motifs is 1. The molecule has 0 saturated carbocycles. The third-order valence-corrected chi connectivity index (χ3v) is 3.35. The van der Waals surface area contributed by atoms with Gasteiger partial charge < -0.3 is 10.3 Å². The smallest absolute Gasteiger partial charge is 0.126 e. The maximum atomic E-state index is 6.22. The van der Waals surface area contributed by atoms with Gasteiger partial charge in [-0.05, 0) is 31.0 Å². The van der Waals surface area contributed by atoms with Gasteiger partial charge in [-0.1, -0.05) is 31.9 Å². The molecular weight excluding hydrogens is 246 g/mol. The van der Waals surface area contributed by atoms with Crippen molar-refractivity contribution in [3.05, 3.63) is 29.0 Å². The molecule has 1 unspecified atom stereocenters. The van der Waals surface area contributed by atoms with Crippen LogP contribution in [0.3, 0.4) is 0 Å². The molecule has 98 valence electrons. The quantitative estimate of drug-likeness (QED) is 0.891. The molecule has 0 amide bonds. The molecule has 1 aromatic heterocycles. The van der Waals surface area contributed by atoms with E-state index >= 15 is 0 Å². The first kappa shape index (κ1) is 13.4. The molecule has 0 fully saturated rings. The number of halogens is 1. The summed E-state index contributed by atoms with van der Waals surface area (Å²) in [5.74, 6) is 0.982. The monoisotopic (exact) mass is 265 g/mol. The van der Waals surface area contributed by atoms with E-state index in [1.54, 1.807) is 0 Å². The van der Waals surface area contributed by atoms with E-state index in [1.165, 1.54) is 0 Å². The van der Waals surface area contributed by atoms with E-state index in [4.69, 9.17) is 17.3 Å². The Morgan fingerprint density at radius 1 is 1.33 bits per heavy atom. The summed E-state index contributed by atoms with van der Waals surface area (Å²) in [6.45, 7) is 5.26. The van der Waals surface area contributed by atoms with Crippen LogP contribution in [0.2, 0.25) is 5.02 Å². The lowest BCUT2D eigenvalue weighted by Crippen LogP contribution is -2.16. The number of hydrogen-bond acceptors (Lipinski definition) is 2. The van der Waals surface area contributed by atoms with Gasteiger partial charge in [0.2, 0.25) is 0 Å². The van der Waals surface area contributed by atoms with E-state index in [0.29, 0.717) is 0 Å². The molecule has 0 aliphatic carbocycles. The summed E-state index contributed by atoms with van der Waals surface area (Å²) >= 11 is 6.02. The zero-order valence-electron chi connectivity index (χ0n) is 11.0. The van der Waals surface area contributed by atoms with Gasteiger partial charge in [0.05, 0.1) is 17.1 Å². The van der Waals surface area contributed by atoms with Gasteiger partial charge in [-0.2, -0.15) is 0 Å². The van der Waals surface area contributed by atoms with E-state index in [-0.39, 0.29) is 6.04 Å². The standard InChI is InChI=1S/C14H20ClN3/c1-3-5-11(16)14-17-12-9-10(15)6-7-13(12)18(14)8-4-2/h6-7,9,11H,3-5,8,16H2,1-2H3. The second-order valence-corrected chi connectivity index (χ2v) is 5.09. The summed E-state index contributed by atoms with van der Waals surface area (Å²) < 4.78 is 2.23. The van der Waals surface area contributed by atoms with Crippen LogP contribution in [-0.2, 0) is 6.54 Å². The number of benzene rings is 1. The second kappa shape index (κ2) is 5.72. The average molecular weight is 266 g/mol. The van der Waals surface area contributed by atoms with Crippen molar-refractivity contribution in [1.82, 2.24) is 9.55 Å². The van der Waals surface area contributed by atoms with E-state index in [9.17, 15) is 0 Å². The Bertz CT molecular complexity index is 533. The van der Waals surface area contributed by atoms with Crippen molar-refractivity contribution in [1.29, 1.82) is 0 Å². The Hall–Kier alpha value is -1.06. The molecule has 4 heteroatoms. The molecule has 0 radical (unpaired) electrons. The number of hydrogen-bond donors (Lipinski definition) is 1. The number of rotatable bonds is 5. The van der Waals surface area contributed by atoms with Crippen molar-refractivity contribution >= 4 is 22.6 Å². The van der Waals surface area contributed by atoms with E-state index < -0.39 is 0 Å². The van der Waals surface area contributed by atoms with Crippen LogP contribution < -0.4 is 5.73 Å². The molecule has 0 bridgehead atoms. The Labute approximate surface area is 113 Å². The van der Waals surface area contributed by atoms with Gasteiger partial charge in [0.25, 0.3) is 0 Å². The maximum absolute atomic E-state index is 6.22. The van der Waals surface area contributed by atoms with Crippen LogP contribution in [0.15, 0.2) is 18.2 Å². The molecule has 3 nitrogen and oxygen atoms in total. The highest BCUT2D eigenvalue weighted by Gasteiger charge is 2.16. The fourth-order valence-electron chi connectivity index (χ4n) is 2.30. The zero-order valence-corrected chi connectivity index (χ0v) is 11.7. The fourth-order valence-corrected chi connectivity index (χ4v) is 2.47. The van der Waals surface area contributed by atoms with Crippen LogP contribution >= 0.6 is 11.6 Å². The molecule has 18 heavy (non-hydrogen) atoms. The molecule has 0 aliphatic rings. The Morgan fingerprint density at radius 3 is 2.78 bits per heavy atom. The minimum Gasteiger partial charge on any atom is -0.327 e. The summed E-state index contributed by atoms with van der Waals surface area (Å²) in [7, 11) is 0. The minimum absolute atomic E-state index is 0.00715. The summed E-state index contributed by atoms with van der Waals surface area (Å²) in [5.41, 5.74) is 8.29. The molecule has 1 atom stereocenters. The zero-order chi connectivity index (χ0) is 13.1. The molecule has 0 spiro atoms. The molecule has 2 N–H and O–H groups in total. The van der Waals surface area contributed by atoms with Crippen LogP contribution in [0, 0.1) is 0 Å². The molecular formula is C14H20ClN3. The van der Waals surface area contributed by atoms with Crippen molar-refractivity contribution in [3.63, 3.8) is 0 Å². The molecule has 0 aliphatic heterocycles. The minimum atomic E-state index is 0.00715. The highest BCUT2D eigenvalue weighted by Crippen LogP contribution is 2.25. The van der Waals surface area contributed by atoms with Crippen LogP contribution in [0.1, 0.15) is 45.0 Å². The Morgan fingerprint density at radius 2 is 2.11 bits per heavy atom. The molecule has 0 saturated heterocycles. The van der Waals surface area contributed by atoms with Crippen molar-refractivity contribution < 1.29 is 0 Å². The Kier molecular flexibility index (Phi) is 4.25. The van der Waals surface area contributed by atoms with Crippen molar-refractivity contribution in [2.24, 2.45) is 5.73 Å². The first-order chi connectivity index (χ1) is 8.67. The maximum Gasteiger partial charge on any atom is 0.126 e. The number of nitrogens with two attached hydrogens (primary N) is 1. The number of aryl methyl sites for hydroxylation is 1. The van der Waals surface area contributed by atoms with Gasteiger partial charge in [-0.15, -0.1) is 0 Å². The average Bonchev–Trinajstić information content (AvgIpc) is 2.68. The Balaban J connectivity index is 2.53. The third-order valence-electron chi connectivity index (χ3n) is 3.12. The normalized spacial score (nSPS) is 13.1. The van der Waals surface area contributed by atoms with Crippen molar-refractivity contribution in [3.8, 4) is 0 Å². The first-order valence-corrected chi connectivity index (χ1v) is 6.96. The van der Waals surface area contributed by atoms with Gasteiger partial charge in [-0.3, -0.25) is 0 Å². The summed E-state index contributed by atoms with van der Waals surface area (Å²) in [6.07, 6.45) is 3.10. The summed E-state index contributed by atoms with van der Waals surface area (Å²) in [4.78, 5) is 4.66. The summed E-state index contributed by atoms with van der Waals surface area (Å²) in [5, 5.41) is 0.722. The lowest BCUT2D eigenvalue weighted by Gasteiger charge is -2.13. The van der Waals surface area contributed by atoms with Crippen LogP contribution in [0.25, 0.3) is 11.0 Å². The fraction of sp³-hybridized carbons (Fsp3) is 0.500. The third kappa shape index (κ3) is 2.52. The van der Waals surface area contributed by atoms with Crippen LogP contribution in [0.4, 0.5) is 0 Å². The van der Waals surface area contributed by atoms with E-state index in [0.717, 1.165) is 47.7 Å².